The predicted octanol–water partition coefficient (Wildman–Crippen LogP) is 1.58. The van der Waals surface area contributed by atoms with E-state index in [0.717, 1.165) is 44.6 Å². The molecular formula is C21H28N4O2. The van der Waals surface area contributed by atoms with Gasteiger partial charge < -0.3 is 15.0 Å². The Labute approximate surface area is 160 Å². The number of hydrogen-bond donors (Lipinski definition) is 1. The van der Waals surface area contributed by atoms with Crippen LogP contribution in [0.5, 0.6) is 0 Å². The molecule has 6 heteroatoms. The first-order valence-corrected chi connectivity index (χ1v) is 9.84. The van der Waals surface area contributed by atoms with E-state index >= 15 is 0 Å². The number of benzene rings is 1. The molecule has 1 aromatic heterocycles. The van der Waals surface area contributed by atoms with Crippen molar-refractivity contribution in [3.8, 4) is 0 Å². The van der Waals surface area contributed by atoms with E-state index in [0.29, 0.717) is 6.61 Å². The van der Waals surface area contributed by atoms with Crippen LogP contribution >= 0.6 is 0 Å². The van der Waals surface area contributed by atoms with Crippen molar-refractivity contribution >= 4 is 5.91 Å². The van der Waals surface area contributed by atoms with Crippen molar-refractivity contribution < 1.29 is 9.53 Å². The van der Waals surface area contributed by atoms with Crippen molar-refractivity contribution in [1.82, 2.24) is 20.0 Å². The smallest absolute Gasteiger partial charge is 0.227 e. The van der Waals surface area contributed by atoms with Crippen LogP contribution in [0, 0.1) is 5.92 Å². The quantitative estimate of drug-likeness (QED) is 0.841. The van der Waals surface area contributed by atoms with Gasteiger partial charge in [0, 0.05) is 45.4 Å². The van der Waals surface area contributed by atoms with Crippen LogP contribution in [-0.4, -0.2) is 59.5 Å². The van der Waals surface area contributed by atoms with Gasteiger partial charge in [-0.05, 0) is 24.0 Å². The Balaban J connectivity index is 1.50. The fourth-order valence-corrected chi connectivity index (χ4v) is 4.27. The van der Waals surface area contributed by atoms with Crippen LogP contribution in [0.25, 0.3) is 0 Å². The second-order valence-electron chi connectivity index (χ2n) is 7.60. The molecule has 2 saturated heterocycles. The minimum atomic E-state index is -0.0365. The topological polar surface area (TPSA) is 59.4 Å². The predicted molar refractivity (Wildman–Crippen MR) is 103 cm³/mol. The second-order valence-corrected chi connectivity index (χ2v) is 7.60. The zero-order valence-corrected chi connectivity index (χ0v) is 15.9. The lowest BCUT2D eigenvalue weighted by Gasteiger charge is -2.32. The van der Waals surface area contributed by atoms with E-state index < -0.39 is 0 Å². The Morgan fingerprint density at radius 1 is 1.33 bits per heavy atom. The molecule has 27 heavy (non-hydrogen) atoms. The fraction of sp³-hybridized carbons (Fsp3) is 0.524. The van der Waals surface area contributed by atoms with Crippen LogP contribution in [0.4, 0.5) is 0 Å². The summed E-state index contributed by atoms with van der Waals surface area (Å²) in [5.74, 6) is 0.401. The Bertz CT molecular complexity index is 755. The van der Waals surface area contributed by atoms with E-state index in [2.05, 4.69) is 39.6 Å². The SMILES string of the molecule is Cn1cc([C@H]2CNC[C@@H]2C(=O)N(CCc2ccccc2)C2CCOC2)cn1. The number of hydrogen-bond acceptors (Lipinski definition) is 4. The normalized spacial score (nSPS) is 25.0. The van der Waals surface area contributed by atoms with Crippen molar-refractivity contribution in [2.45, 2.75) is 24.8 Å². The summed E-state index contributed by atoms with van der Waals surface area (Å²) >= 11 is 0. The van der Waals surface area contributed by atoms with E-state index in [1.165, 1.54) is 5.56 Å². The first kappa shape index (κ1) is 18.2. The average molecular weight is 368 g/mol. The van der Waals surface area contributed by atoms with Gasteiger partial charge in [-0.25, -0.2) is 0 Å². The third-order valence-corrected chi connectivity index (χ3v) is 5.80. The number of aryl methyl sites for hydroxylation is 1. The Hall–Kier alpha value is -2.18. The van der Waals surface area contributed by atoms with Gasteiger partial charge >= 0.3 is 0 Å². The third kappa shape index (κ3) is 4.06. The van der Waals surface area contributed by atoms with Gasteiger partial charge in [-0.3, -0.25) is 9.48 Å². The van der Waals surface area contributed by atoms with Crippen molar-refractivity contribution in [2.75, 3.05) is 32.8 Å². The van der Waals surface area contributed by atoms with Gasteiger partial charge in [-0.15, -0.1) is 0 Å². The number of carbonyl (C=O) groups is 1. The maximum atomic E-state index is 13.5. The first-order valence-electron chi connectivity index (χ1n) is 9.84. The van der Waals surface area contributed by atoms with Gasteiger partial charge in [0.25, 0.3) is 0 Å². The van der Waals surface area contributed by atoms with Crippen LogP contribution in [0.3, 0.4) is 0 Å². The lowest BCUT2D eigenvalue weighted by Crippen LogP contribution is -2.46. The van der Waals surface area contributed by atoms with Gasteiger partial charge in [0.1, 0.15) is 0 Å². The van der Waals surface area contributed by atoms with Crippen molar-refractivity contribution in [1.29, 1.82) is 0 Å². The zero-order valence-electron chi connectivity index (χ0n) is 15.9. The summed E-state index contributed by atoms with van der Waals surface area (Å²) in [4.78, 5) is 15.6. The van der Waals surface area contributed by atoms with E-state index in [1.54, 1.807) is 0 Å². The number of rotatable bonds is 6. The first-order chi connectivity index (χ1) is 13.2. The van der Waals surface area contributed by atoms with E-state index in [4.69, 9.17) is 4.74 Å². The van der Waals surface area contributed by atoms with Crippen LogP contribution in [0.2, 0.25) is 0 Å². The molecule has 2 fully saturated rings. The molecule has 4 rings (SSSR count). The molecule has 2 aromatic rings. The molecule has 144 valence electrons. The standard InChI is InChI=1S/C21H28N4O2/c1-24-14-17(11-23-24)19-12-22-13-20(19)21(26)25(18-8-10-27-15-18)9-7-16-5-3-2-4-6-16/h2-6,11,14,18-20,22H,7-10,12-13,15H2,1H3/t18?,19-,20+/m1/s1. The highest BCUT2D eigenvalue weighted by Gasteiger charge is 2.39. The maximum absolute atomic E-state index is 13.5. The maximum Gasteiger partial charge on any atom is 0.227 e. The molecule has 1 unspecified atom stereocenters. The molecule has 3 heterocycles. The summed E-state index contributed by atoms with van der Waals surface area (Å²) < 4.78 is 7.41. The molecule has 1 amide bonds. The fourth-order valence-electron chi connectivity index (χ4n) is 4.27. The molecule has 6 nitrogen and oxygen atoms in total. The van der Waals surface area contributed by atoms with E-state index in [-0.39, 0.29) is 23.8 Å². The number of amides is 1. The summed E-state index contributed by atoms with van der Waals surface area (Å²) in [7, 11) is 1.92. The number of carbonyl (C=O) groups excluding carboxylic acids is 1. The van der Waals surface area contributed by atoms with Crippen molar-refractivity contribution in [3.63, 3.8) is 0 Å². The summed E-state index contributed by atoms with van der Waals surface area (Å²) in [5.41, 5.74) is 2.41. The van der Waals surface area contributed by atoms with Crippen LogP contribution in [0.15, 0.2) is 42.7 Å². The molecule has 0 radical (unpaired) electrons. The van der Waals surface area contributed by atoms with Gasteiger partial charge in [0.2, 0.25) is 5.91 Å². The highest BCUT2D eigenvalue weighted by atomic mass is 16.5. The van der Waals surface area contributed by atoms with Crippen molar-refractivity contribution in [3.05, 3.63) is 53.9 Å². The molecule has 0 spiro atoms. The van der Waals surface area contributed by atoms with Gasteiger partial charge in [0.15, 0.2) is 0 Å². The Kier molecular flexibility index (Phi) is 5.55. The van der Waals surface area contributed by atoms with Gasteiger partial charge in [0.05, 0.1) is 24.8 Å². The molecule has 1 aromatic carbocycles. The minimum Gasteiger partial charge on any atom is -0.379 e. The number of aromatic nitrogens is 2. The molecule has 1 N–H and O–H groups in total. The molecule has 0 aliphatic carbocycles. The van der Waals surface area contributed by atoms with Gasteiger partial charge in [-0.1, -0.05) is 30.3 Å². The lowest BCUT2D eigenvalue weighted by molar-refractivity contribution is -0.137. The minimum absolute atomic E-state index is 0.0365. The highest BCUT2D eigenvalue weighted by molar-refractivity contribution is 5.81. The molecule has 0 saturated carbocycles. The summed E-state index contributed by atoms with van der Waals surface area (Å²) in [6.45, 7) is 3.70. The Morgan fingerprint density at radius 3 is 2.89 bits per heavy atom. The van der Waals surface area contributed by atoms with Gasteiger partial charge in [-0.2, -0.15) is 5.10 Å². The highest BCUT2D eigenvalue weighted by Crippen LogP contribution is 2.30. The molecular weight excluding hydrogens is 340 g/mol. The number of nitrogens with one attached hydrogen (secondary N) is 1. The second kappa shape index (κ2) is 8.23. The van der Waals surface area contributed by atoms with Crippen LogP contribution in [0.1, 0.15) is 23.5 Å². The molecule has 0 bridgehead atoms. The molecule has 3 atom stereocenters. The van der Waals surface area contributed by atoms with Crippen molar-refractivity contribution in [2.24, 2.45) is 13.0 Å². The summed E-state index contributed by atoms with van der Waals surface area (Å²) in [5, 5.41) is 7.71. The molecule has 2 aliphatic rings. The van der Waals surface area contributed by atoms with E-state index in [1.807, 2.05) is 30.2 Å². The zero-order chi connectivity index (χ0) is 18.6. The largest absolute Gasteiger partial charge is 0.379 e. The average Bonchev–Trinajstić information content (AvgIpc) is 3.44. The van der Waals surface area contributed by atoms with E-state index in [9.17, 15) is 4.79 Å². The Morgan fingerprint density at radius 2 is 2.19 bits per heavy atom. The summed E-state index contributed by atoms with van der Waals surface area (Å²) in [6.07, 6.45) is 5.73. The number of nitrogens with zero attached hydrogens (tertiary/aromatic N) is 3. The molecule has 2 aliphatic heterocycles. The summed E-state index contributed by atoms with van der Waals surface area (Å²) in [6, 6.07) is 10.6. The monoisotopic (exact) mass is 368 g/mol. The van der Waals surface area contributed by atoms with Crippen LogP contribution in [-0.2, 0) is 23.0 Å². The van der Waals surface area contributed by atoms with Crippen LogP contribution < -0.4 is 5.32 Å². The lowest BCUT2D eigenvalue weighted by atomic mass is 9.89. The third-order valence-electron chi connectivity index (χ3n) is 5.80. The number of ether oxygens (including phenoxy) is 1.